The molecule has 0 aromatic carbocycles. The molecule has 0 spiro atoms. The van der Waals surface area contributed by atoms with E-state index < -0.39 is 0 Å². The Hall–Kier alpha value is -0.610. The fourth-order valence-electron chi connectivity index (χ4n) is 2.32. The van der Waals surface area contributed by atoms with Crippen molar-refractivity contribution in [3.63, 3.8) is 0 Å². The fraction of sp³-hybridized carbons (Fsp3) is 0.706. The van der Waals surface area contributed by atoms with Crippen molar-refractivity contribution in [2.45, 2.75) is 70.9 Å². The molecule has 0 unspecified atom stereocenters. The van der Waals surface area contributed by atoms with E-state index in [1.54, 1.807) is 0 Å². The Kier molecular flexibility index (Phi) is 7.51. The molecule has 21 heavy (non-hydrogen) atoms. The molecule has 118 valence electrons. The lowest BCUT2D eigenvalue weighted by molar-refractivity contribution is 0.289. The average Bonchev–Trinajstić information content (AvgIpc) is 3.30. The van der Waals surface area contributed by atoms with Crippen molar-refractivity contribution in [3.8, 4) is 5.88 Å². The SMILES string of the molecule is CCCCCCCCOc1ncc(Br)cc1CNC1CC1. The second-order valence-electron chi connectivity index (χ2n) is 5.89. The zero-order valence-electron chi connectivity index (χ0n) is 13.0. The lowest BCUT2D eigenvalue weighted by Gasteiger charge is -2.11. The highest BCUT2D eigenvalue weighted by Crippen LogP contribution is 2.23. The molecule has 0 aliphatic heterocycles. The molecule has 1 heterocycles. The minimum atomic E-state index is 0.704. The van der Waals surface area contributed by atoms with Gasteiger partial charge < -0.3 is 10.1 Å². The van der Waals surface area contributed by atoms with E-state index in [-0.39, 0.29) is 0 Å². The molecule has 1 saturated carbocycles. The number of pyridine rings is 1. The van der Waals surface area contributed by atoms with Crippen LogP contribution < -0.4 is 10.1 Å². The maximum absolute atomic E-state index is 5.88. The molecule has 1 fully saturated rings. The second kappa shape index (κ2) is 9.42. The number of aromatic nitrogens is 1. The van der Waals surface area contributed by atoms with Crippen molar-refractivity contribution >= 4 is 15.9 Å². The Morgan fingerprint density at radius 3 is 2.76 bits per heavy atom. The number of hydrogen-bond donors (Lipinski definition) is 1. The summed E-state index contributed by atoms with van der Waals surface area (Å²) in [5, 5.41) is 3.52. The van der Waals surface area contributed by atoms with Gasteiger partial charge in [-0.25, -0.2) is 4.98 Å². The third kappa shape index (κ3) is 6.79. The molecule has 0 bridgehead atoms. The summed E-state index contributed by atoms with van der Waals surface area (Å²) in [5.74, 6) is 0.792. The first-order valence-corrected chi connectivity index (χ1v) is 9.09. The zero-order chi connectivity index (χ0) is 14.9. The third-order valence-electron chi connectivity index (χ3n) is 3.79. The van der Waals surface area contributed by atoms with Crippen molar-refractivity contribution in [2.24, 2.45) is 0 Å². The number of nitrogens with zero attached hydrogens (tertiary/aromatic N) is 1. The molecule has 2 rings (SSSR count). The van der Waals surface area contributed by atoms with Gasteiger partial charge >= 0.3 is 0 Å². The molecule has 4 heteroatoms. The van der Waals surface area contributed by atoms with Crippen LogP contribution in [0.15, 0.2) is 16.7 Å². The van der Waals surface area contributed by atoms with E-state index in [9.17, 15) is 0 Å². The quantitative estimate of drug-likeness (QED) is 0.577. The minimum absolute atomic E-state index is 0.704. The highest BCUT2D eigenvalue weighted by Gasteiger charge is 2.20. The maximum atomic E-state index is 5.88. The number of unbranched alkanes of at least 4 members (excludes halogenated alkanes) is 5. The molecule has 1 aromatic rings. The molecule has 1 aromatic heterocycles. The largest absolute Gasteiger partial charge is 0.477 e. The molecule has 1 N–H and O–H groups in total. The van der Waals surface area contributed by atoms with E-state index in [2.05, 4.69) is 39.2 Å². The Morgan fingerprint density at radius 1 is 1.24 bits per heavy atom. The lowest BCUT2D eigenvalue weighted by Crippen LogP contribution is -2.16. The van der Waals surface area contributed by atoms with E-state index in [1.807, 2.05) is 6.20 Å². The van der Waals surface area contributed by atoms with Crippen LogP contribution in [0.25, 0.3) is 0 Å². The van der Waals surface area contributed by atoms with Gasteiger partial charge in [-0.3, -0.25) is 0 Å². The van der Waals surface area contributed by atoms with Crippen molar-refractivity contribution in [1.82, 2.24) is 10.3 Å². The molecule has 1 aliphatic rings. The van der Waals surface area contributed by atoms with Crippen LogP contribution in [-0.4, -0.2) is 17.6 Å². The van der Waals surface area contributed by atoms with Gasteiger partial charge in [0.15, 0.2) is 0 Å². The number of halogens is 1. The smallest absolute Gasteiger partial charge is 0.217 e. The minimum Gasteiger partial charge on any atom is -0.477 e. The van der Waals surface area contributed by atoms with Crippen molar-refractivity contribution in [3.05, 3.63) is 22.3 Å². The maximum Gasteiger partial charge on any atom is 0.217 e. The molecule has 0 amide bonds. The Morgan fingerprint density at radius 2 is 2.00 bits per heavy atom. The molecule has 0 saturated heterocycles. The normalized spacial score (nSPS) is 14.4. The van der Waals surface area contributed by atoms with Gasteiger partial charge in [0.05, 0.1) is 6.61 Å². The predicted octanol–water partition coefficient (Wildman–Crippen LogP) is 4.84. The number of ether oxygens (including phenoxy) is 1. The Balaban J connectivity index is 1.70. The van der Waals surface area contributed by atoms with Gasteiger partial charge in [0, 0.05) is 28.8 Å². The summed E-state index contributed by atoms with van der Waals surface area (Å²) in [6.07, 6.45) is 12.1. The lowest BCUT2D eigenvalue weighted by atomic mass is 10.1. The van der Waals surface area contributed by atoms with Crippen LogP contribution in [0.5, 0.6) is 5.88 Å². The van der Waals surface area contributed by atoms with Gasteiger partial charge in [-0.2, -0.15) is 0 Å². The van der Waals surface area contributed by atoms with E-state index in [0.717, 1.165) is 35.5 Å². The van der Waals surface area contributed by atoms with Gasteiger partial charge in [0.1, 0.15) is 0 Å². The van der Waals surface area contributed by atoms with Crippen molar-refractivity contribution < 1.29 is 4.74 Å². The van der Waals surface area contributed by atoms with Crippen LogP contribution in [0.2, 0.25) is 0 Å². The first-order valence-electron chi connectivity index (χ1n) is 8.30. The molecule has 0 atom stereocenters. The second-order valence-corrected chi connectivity index (χ2v) is 6.80. The van der Waals surface area contributed by atoms with Crippen LogP contribution in [0, 0.1) is 0 Å². The summed E-state index contributed by atoms with van der Waals surface area (Å²) in [7, 11) is 0. The van der Waals surface area contributed by atoms with Gasteiger partial charge in [-0.15, -0.1) is 0 Å². The summed E-state index contributed by atoms with van der Waals surface area (Å²) >= 11 is 3.49. The predicted molar refractivity (Wildman–Crippen MR) is 90.7 cm³/mol. The Labute approximate surface area is 137 Å². The summed E-state index contributed by atoms with van der Waals surface area (Å²) in [6.45, 7) is 3.87. The molecule has 0 radical (unpaired) electrons. The van der Waals surface area contributed by atoms with Crippen LogP contribution in [-0.2, 0) is 6.54 Å². The summed E-state index contributed by atoms with van der Waals surface area (Å²) in [5.41, 5.74) is 1.15. The number of rotatable bonds is 11. The van der Waals surface area contributed by atoms with Gasteiger partial charge in [0.25, 0.3) is 0 Å². The summed E-state index contributed by atoms with van der Waals surface area (Å²) < 4.78 is 6.90. The highest BCUT2D eigenvalue weighted by molar-refractivity contribution is 9.10. The van der Waals surface area contributed by atoms with Gasteiger partial charge in [-0.1, -0.05) is 39.0 Å². The third-order valence-corrected chi connectivity index (χ3v) is 4.22. The van der Waals surface area contributed by atoms with Crippen molar-refractivity contribution in [1.29, 1.82) is 0 Å². The van der Waals surface area contributed by atoms with Crippen molar-refractivity contribution in [2.75, 3.05) is 6.61 Å². The summed E-state index contributed by atoms with van der Waals surface area (Å²) in [4.78, 5) is 4.41. The van der Waals surface area contributed by atoms with Crippen LogP contribution in [0.1, 0.15) is 63.9 Å². The van der Waals surface area contributed by atoms with E-state index in [0.29, 0.717) is 6.04 Å². The number of hydrogen-bond acceptors (Lipinski definition) is 3. The first-order chi connectivity index (χ1) is 10.3. The first kappa shape index (κ1) is 16.8. The molecular weight excluding hydrogens is 328 g/mol. The summed E-state index contributed by atoms with van der Waals surface area (Å²) in [6, 6.07) is 2.81. The highest BCUT2D eigenvalue weighted by atomic mass is 79.9. The fourth-order valence-corrected chi connectivity index (χ4v) is 2.70. The van der Waals surface area contributed by atoms with E-state index in [4.69, 9.17) is 4.74 Å². The number of nitrogens with one attached hydrogen (secondary N) is 1. The van der Waals surface area contributed by atoms with E-state index in [1.165, 1.54) is 44.9 Å². The van der Waals surface area contributed by atoms with Crippen LogP contribution in [0.4, 0.5) is 0 Å². The molecule has 3 nitrogen and oxygen atoms in total. The van der Waals surface area contributed by atoms with Crippen LogP contribution in [0.3, 0.4) is 0 Å². The zero-order valence-corrected chi connectivity index (χ0v) is 14.6. The van der Waals surface area contributed by atoms with Crippen LogP contribution >= 0.6 is 15.9 Å². The van der Waals surface area contributed by atoms with Gasteiger partial charge in [-0.05, 0) is 41.3 Å². The monoisotopic (exact) mass is 354 g/mol. The topological polar surface area (TPSA) is 34.1 Å². The Bertz CT molecular complexity index is 421. The molecular formula is C17H27BrN2O. The van der Waals surface area contributed by atoms with Gasteiger partial charge in [0.2, 0.25) is 5.88 Å². The standard InChI is InChI=1S/C17H27BrN2O/c1-2-3-4-5-6-7-10-21-17-14(11-15(18)13-20-17)12-19-16-8-9-16/h11,13,16,19H,2-10,12H2,1H3. The average molecular weight is 355 g/mol. The van der Waals surface area contributed by atoms with E-state index >= 15 is 0 Å². The molecule has 1 aliphatic carbocycles.